The first-order valence-electron chi connectivity index (χ1n) is 7.85. The van der Waals surface area contributed by atoms with Crippen molar-refractivity contribution in [1.82, 2.24) is 5.32 Å². The Kier molecular flexibility index (Phi) is 6.05. The molecule has 0 saturated heterocycles. The van der Waals surface area contributed by atoms with Gasteiger partial charge in [-0.25, -0.2) is 0 Å². The molecule has 1 atom stereocenters. The third kappa shape index (κ3) is 5.38. The van der Waals surface area contributed by atoms with Crippen LogP contribution in [0.4, 0.5) is 0 Å². The number of rotatable bonds is 5. The molecule has 21 heavy (non-hydrogen) atoms. The smallest absolute Gasteiger partial charge is 0.258 e. The average Bonchev–Trinajstić information content (AvgIpc) is 2.74. The second-order valence-electron chi connectivity index (χ2n) is 5.79. The Balaban J connectivity index is 1.79. The van der Waals surface area contributed by atoms with Crippen molar-refractivity contribution in [1.29, 1.82) is 0 Å². The first kappa shape index (κ1) is 15.8. The van der Waals surface area contributed by atoms with E-state index in [0.717, 1.165) is 18.4 Å². The molecular formula is C17H25NO3. The Hall–Kier alpha value is -1.55. The van der Waals surface area contributed by atoms with Gasteiger partial charge < -0.3 is 15.2 Å². The number of aliphatic hydroxyl groups excluding tert-OH is 1. The van der Waals surface area contributed by atoms with Crippen molar-refractivity contribution in [3.63, 3.8) is 0 Å². The zero-order valence-electron chi connectivity index (χ0n) is 12.7. The third-order valence-electron chi connectivity index (χ3n) is 3.93. The lowest BCUT2D eigenvalue weighted by molar-refractivity contribution is -0.123. The second-order valence-corrected chi connectivity index (χ2v) is 5.79. The number of amides is 1. The normalized spacial score (nSPS) is 17.8. The van der Waals surface area contributed by atoms with Crippen LogP contribution in [0.15, 0.2) is 24.3 Å². The maximum absolute atomic E-state index is 11.9. The van der Waals surface area contributed by atoms with Crippen LogP contribution >= 0.6 is 0 Å². The number of aliphatic hydroxyl groups is 1. The Morgan fingerprint density at radius 3 is 2.71 bits per heavy atom. The predicted molar refractivity (Wildman–Crippen MR) is 82.2 cm³/mol. The molecule has 1 aromatic rings. The van der Waals surface area contributed by atoms with Crippen molar-refractivity contribution in [2.24, 2.45) is 0 Å². The topological polar surface area (TPSA) is 58.6 Å². The SMILES string of the molecule is CC(O)c1cccc(OCC(=O)NC2CCCCCC2)c1. The molecule has 1 saturated carbocycles. The van der Waals surface area contributed by atoms with E-state index in [1.54, 1.807) is 19.1 Å². The fourth-order valence-electron chi connectivity index (χ4n) is 2.71. The Morgan fingerprint density at radius 2 is 2.05 bits per heavy atom. The molecule has 0 bridgehead atoms. The van der Waals surface area contributed by atoms with E-state index in [1.165, 1.54) is 25.7 Å². The van der Waals surface area contributed by atoms with Crippen LogP contribution in [0.5, 0.6) is 5.75 Å². The number of benzene rings is 1. The summed E-state index contributed by atoms with van der Waals surface area (Å²) in [6.45, 7) is 1.73. The molecule has 4 nitrogen and oxygen atoms in total. The van der Waals surface area contributed by atoms with Gasteiger partial charge in [0.1, 0.15) is 5.75 Å². The minimum absolute atomic E-state index is 0.0275. The molecule has 116 valence electrons. The maximum atomic E-state index is 11.9. The number of carbonyl (C=O) groups excluding carboxylic acids is 1. The zero-order valence-corrected chi connectivity index (χ0v) is 12.7. The molecule has 1 aromatic carbocycles. The highest BCUT2D eigenvalue weighted by atomic mass is 16.5. The maximum Gasteiger partial charge on any atom is 0.258 e. The van der Waals surface area contributed by atoms with Crippen LogP contribution in [-0.4, -0.2) is 23.7 Å². The molecule has 0 heterocycles. The van der Waals surface area contributed by atoms with E-state index < -0.39 is 6.10 Å². The van der Waals surface area contributed by atoms with Crippen LogP contribution in [-0.2, 0) is 4.79 Å². The molecule has 2 N–H and O–H groups in total. The van der Waals surface area contributed by atoms with Crippen molar-refractivity contribution < 1.29 is 14.6 Å². The average molecular weight is 291 g/mol. The van der Waals surface area contributed by atoms with Gasteiger partial charge in [-0.1, -0.05) is 37.8 Å². The highest BCUT2D eigenvalue weighted by molar-refractivity contribution is 5.77. The standard InChI is InChI=1S/C17H25NO3/c1-13(19)14-7-6-10-16(11-14)21-12-17(20)18-15-8-4-2-3-5-9-15/h6-7,10-11,13,15,19H,2-5,8-9,12H2,1H3,(H,18,20). The monoisotopic (exact) mass is 291 g/mol. The number of hydrogen-bond acceptors (Lipinski definition) is 3. The summed E-state index contributed by atoms with van der Waals surface area (Å²) in [6.07, 6.45) is 6.55. The molecule has 1 aliphatic carbocycles. The summed E-state index contributed by atoms with van der Waals surface area (Å²) in [5.74, 6) is 0.550. The lowest BCUT2D eigenvalue weighted by Crippen LogP contribution is -2.37. The van der Waals surface area contributed by atoms with E-state index in [-0.39, 0.29) is 12.5 Å². The Morgan fingerprint density at radius 1 is 1.33 bits per heavy atom. The molecule has 1 amide bonds. The molecule has 0 spiro atoms. The predicted octanol–water partition coefficient (Wildman–Crippen LogP) is 2.96. The summed E-state index contributed by atoms with van der Waals surface area (Å²) in [4.78, 5) is 11.9. The zero-order chi connectivity index (χ0) is 15.1. The molecule has 0 aromatic heterocycles. The van der Waals surface area contributed by atoms with Crippen LogP contribution in [0.3, 0.4) is 0 Å². The van der Waals surface area contributed by atoms with E-state index in [4.69, 9.17) is 4.74 Å². The van der Waals surface area contributed by atoms with Gasteiger partial charge in [-0.3, -0.25) is 4.79 Å². The summed E-state index contributed by atoms with van der Waals surface area (Å²) in [7, 11) is 0. The summed E-state index contributed by atoms with van der Waals surface area (Å²) < 4.78 is 5.51. The van der Waals surface area contributed by atoms with Crippen molar-refractivity contribution in [3.8, 4) is 5.75 Å². The minimum Gasteiger partial charge on any atom is -0.484 e. The summed E-state index contributed by atoms with van der Waals surface area (Å²) >= 11 is 0. The Bertz CT molecular complexity index is 451. The second kappa shape index (κ2) is 8.03. The third-order valence-corrected chi connectivity index (χ3v) is 3.93. The molecule has 4 heteroatoms. The van der Waals surface area contributed by atoms with Gasteiger partial charge in [-0.2, -0.15) is 0 Å². The van der Waals surface area contributed by atoms with Crippen LogP contribution in [0.25, 0.3) is 0 Å². The van der Waals surface area contributed by atoms with E-state index >= 15 is 0 Å². The number of carbonyl (C=O) groups is 1. The van der Waals surface area contributed by atoms with Crippen LogP contribution in [0, 0.1) is 0 Å². The van der Waals surface area contributed by atoms with Crippen LogP contribution < -0.4 is 10.1 Å². The molecule has 1 aliphatic rings. The van der Waals surface area contributed by atoms with Crippen LogP contribution in [0.2, 0.25) is 0 Å². The lowest BCUT2D eigenvalue weighted by Gasteiger charge is -2.16. The fourth-order valence-corrected chi connectivity index (χ4v) is 2.71. The van der Waals surface area contributed by atoms with Gasteiger partial charge in [0, 0.05) is 6.04 Å². The van der Waals surface area contributed by atoms with E-state index in [0.29, 0.717) is 11.8 Å². The number of hydrogen-bond donors (Lipinski definition) is 2. The van der Waals surface area contributed by atoms with Crippen molar-refractivity contribution >= 4 is 5.91 Å². The molecule has 2 rings (SSSR count). The summed E-state index contributed by atoms with van der Waals surface area (Å²) in [5.41, 5.74) is 0.789. The van der Waals surface area contributed by atoms with Crippen LogP contribution in [0.1, 0.15) is 57.1 Å². The van der Waals surface area contributed by atoms with E-state index in [9.17, 15) is 9.90 Å². The summed E-state index contributed by atoms with van der Waals surface area (Å²) in [6, 6.07) is 7.52. The van der Waals surface area contributed by atoms with Gasteiger partial charge in [0.25, 0.3) is 5.91 Å². The van der Waals surface area contributed by atoms with Crippen molar-refractivity contribution in [2.45, 2.75) is 57.6 Å². The largest absolute Gasteiger partial charge is 0.484 e. The van der Waals surface area contributed by atoms with E-state index in [2.05, 4.69) is 5.32 Å². The molecule has 0 radical (unpaired) electrons. The fraction of sp³-hybridized carbons (Fsp3) is 0.588. The van der Waals surface area contributed by atoms with Gasteiger partial charge in [0.2, 0.25) is 0 Å². The van der Waals surface area contributed by atoms with Gasteiger partial charge in [0.05, 0.1) is 6.10 Å². The van der Waals surface area contributed by atoms with Crippen molar-refractivity contribution in [2.75, 3.05) is 6.61 Å². The van der Waals surface area contributed by atoms with Gasteiger partial charge >= 0.3 is 0 Å². The van der Waals surface area contributed by atoms with Gasteiger partial charge in [-0.05, 0) is 37.5 Å². The molecule has 0 aliphatic heterocycles. The van der Waals surface area contributed by atoms with Crippen molar-refractivity contribution in [3.05, 3.63) is 29.8 Å². The first-order chi connectivity index (χ1) is 10.1. The Labute approximate surface area is 126 Å². The number of ether oxygens (including phenoxy) is 1. The molecular weight excluding hydrogens is 266 g/mol. The van der Waals surface area contributed by atoms with Gasteiger partial charge in [0.15, 0.2) is 6.61 Å². The summed E-state index contributed by atoms with van der Waals surface area (Å²) in [5, 5.41) is 12.6. The number of nitrogens with one attached hydrogen (secondary N) is 1. The molecule has 1 unspecified atom stereocenters. The quantitative estimate of drug-likeness (QED) is 0.820. The highest BCUT2D eigenvalue weighted by Crippen LogP contribution is 2.19. The molecule has 1 fully saturated rings. The minimum atomic E-state index is -0.534. The lowest BCUT2D eigenvalue weighted by atomic mass is 10.1. The van der Waals surface area contributed by atoms with Gasteiger partial charge in [-0.15, -0.1) is 0 Å². The van der Waals surface area contributed by atoms with E-state index in [1.807, 2.05) is 12.1 Å². The highest BCUT2D eigenvalue weighted by Gasteiger charge is 2.15. The first-order valence-corrected chi connectivity index (χ1v) is 7.85.